The Morgan fingerprint density at radius 2 is 1.62 bits per heavy atom. The van der Waals surface area contributed by atoms with E-state index in [1.807, 2.05) is 47.8 Å². The molecule has 37 heavy (non-hydrogen) atoms. The Morgan fingerprint density at radius 1 is 0.892 bits per heavy atom. The van der Waals surface area contributed by atoms with E-state index in [1.54, 1.807) is 6.07 Å². The first-order valence-electron chi connectivity index (χ1n) is 12.3. The van der Waals surface area contributed by atoms with Crippen molar-refractivity contribution in [1.82, 2.24) is 10.6 Å². The normalized spacial score (nSPS) is 12.8. The van der Waals surface area contributed by atoms with Crippen LogP contribution in [0.4, 0.5) is 8.78 Å². The summed E-state index contributed by atoms with van der Waals surface area (Å²) in [5.41, 5.74) is 4.60. The van der Waals surface area contributed by atoms with Gasteiger partial charge in [-0.1, -0.05) is 61.5 Å². The van der Waals surface area contributed by atoms with E-state index < -0.39 is 23.8 Å². The van der Waals surface area contributed by atoms with Crippen LogP contribution < -0.4 is 10.6 Å². The Balaban J connectivity index is 1.46. The van der Waals surface area contributed by atoms with Gasteiger partial charge in [0.25, 0.3) is 5.91 Å². The SMILES string of the molecule is CCc1cccc(CNC[C@H](O)[C@H](Cc2cc(F)cc(F)c2)NC(=O)c2cc(-c3ccccc3)cs2)c1. The molecule has 0 bridgehead atoms. The second-order valence-corrected chi connectivity index (χ2v) is 9.91. The van der Waals surface area contributed by atoms with Crippen LogP contribution in [0.1, 0.15) is 33.3 Å². The van der Waals surface area contributed by atoms with Gasteiger partial charge >= 0.3 is 0 Å². The molecule has 0 fully saturated rings. The summed E-state index contributed by atoms with van der Waals surface area (Å²) in [6, 6.07) is 22.2. The first-order chi connectivity index (χ1) is 17.9. The Bertz CT molecular complexity index is 1310. The third-order valence-corrected chi connectivity index (χ3v) is 7.10. The number of rotatable bonds is 11. The van der Waals surface area contributed by atoms with Crippen LogP contribution >= 0.6 is 11.3 Å². The molecule has 3 aromatic carbocycles. The number of carbonyl (C=O) groups excluding carboxylic acids is 1. The molecule has 4 nitrogen and oxygen atoms in total. The van der Waals surface area contributed by atoms with E-state index in [-0.39, 0.29) is 18.9 Å². The van der Waals surface area contributed by atoms with Gasteiger partial charge in [0.1, 0.15) is 11.6 Å². The Kier molecular flexibility index (Phi) is 9.17. The van der Waals surface area contributed by atoms with E-state index in [1.165, 1.54) is 29.0 Å². The zero-order valence-electron chi connectivity index (χ0n) is 20.6. The summed E-state index contributed by atoms with van der Waals surface area (Å²) in [5.74, 6) is -1.74. The fourth-order valence-electron chi connectivity index (χ4n) is 4.21. The van der Waals surface area contributed by atoms with Gasteiger partial charge in [0.15, 0.2) is 0 Å². The average molecular weight is 521 g/mol. The zero-order valence-corrected chi connectivity index (χ0v) is 21.4. The number of benzene rings is 3. The summed E-state index contributed by atoms with van der Waals surface area (Å²) in [6.07, 6.45) is 0.0211. The van der Waals surface area contributed by atoms with Crippen molar-refractivity contribution in [2.45, 2.75) is 38.5 Å². The van der Waals surface area contributed by atoms with Gasteiger partial charge in [-0.15, -0.1) is 11.3 Å². The summed E-state index contributed by atoms with van der Waals surface area (Å²) in [7, 11) is 0. The van der Waals surface area contributed by atoms with Gasteiger partial charge in [-0.25, -0.2) is 8.78 Å². The molecule has 0 aliphatic carbocycles. The van der Waals surface area contributed by atoms with Gasteiger partial charge in [0.2, 0.25) is 0 Å². The molecule has 1 amide bonds. The maximum Gasteiger partial charge on any atom is 0.261 e. The molecule has 0 saturated carbocycles. The minimum Gasteiger partial charge on any atom is -0.390 e. The van der Waals surface area contributed by atoms with Gasteiger partial charge in [-0.2, -0.15) is 0 Å². The molecule has 1 heterocycles. The van der Waals surface area contributed by atoms with Crippen molar-refractivity contribution in [3.05, 3.63) is 117 Å². The van der Waals surface area contributed by atoms with Crippen LogP contribution in [0.2, 0.25) is 0 Å². The van der Waals surface area contributed by atoms with Crippen LogP contribution in [-0.4, -0.2) is 29.7 Å². The van der Waals surface area contributed by atoms with Gasteiger partial charge < -0.3 is 15.7 Å². The Labute approximate surface area is 220 Å². The number of carbonyl (C=O) groups is 1. The van der Waals surface area contributed by atoms with Crippen molar-refractivity contribution in [1.29, 1.82) is 0 Å². The highest BCUT2D eigenvalue weighted by molar-refractivity contribution is 7.12. The third kappa shape index (κ3) is 7.55. The highest BCUT2D eigenvalue weighted by Crippen LogP contribution is 2.25. The average Bonchev–Trinajstić information content (AvgIpc) is 3.39. The summed E-state index contributed by atoms with van der Waals surface area (Å²) < 4.78 is 27.6. The van der Waals surface area contributed by atoms with Crippen LogP contribution in [0.25, 0.3) is 11.1 Å². The van der Waals surface area contributed by atoms with Crippen LogP contribution in [0.5, 0.6) is 0 Å². The fourth-order valence-corrected chi connectivity index (χ4v) is 5.03. The minimum absolute atomic E-state index is 0.0749. The van der Waals surface area contributed by atoms with Crippen molar-refractivity contribution in [3.8, 4) is 11.1 Å². The van der Waals surface area contributed by atoms with E-state index in [9.17, 15) is 18.7 Å². The molecule has 192 valence electrons. The maximum absolute atomic E-state index is 13.8. The summed E-state index contributed by atoms with van der Waals surface area (Å²) >= 11 is 1.31. The number of thiophene rings is 1. The van der Waals surface area contributed by atoms with E-state index in [0.717, 1.165) is 29.2 Å². The van der Waals surface area contributed by atoms with Crippen LogP contribution in [0.3, 0.4) is 0 Å². The van der Waals surface area contributed by atoms with Gasteiger partial charge in [-0.05, 0) is 64.2 Å². The number of hydrogen-bond donors (Lipinski definition) is 3. The molecule has 4 rings (SSSR count). The highest BCUT2D eigenvalue weighted by Gasteiger charge is 2.24. The monoisotopic (exact) mass is 520 g/mol. The lowest BCUT2D eigenvalue weighted by atomic mass is 10.00. The molecule has 0 aliphatic rings. The van der Waals surface area contributed by atoms with Gasteiger partial charge in [0, 0.05) is 19.2 Å². The molecule has 0 spiro atoms. The molecule has 0 aliphatic heterocycles. The number of nitrogens with one attached hydrogen (secondary N) is 2. The number of hydrogen-bond acceptors (Lipinski definition) is 4. The number of aliphatic hydroxyl groups excluding tert-OH is 1. The van der Waals surface area contributed by atoms with E-state index in [4.69, 9.17) is 0 Å². The van der Waals surface area contributed by atoms with Gasteiger partial charge in [0.05, 0.1) is 17.0 Å². The standard InChI is InChI=1S/C30H30F2N2O2S/c1-2-20-7-6-8-21(11-20)17-33-18-28(35)27(14-22-12-25(31)16-26(32)13-22)34-30(36)29-15-24(19-37-29)23-9-4-3-5-10-23/h3-13,15-16,19,27-28,33,35H,2,14,17-18H2,1H3,(H,34,36)/t27-,28-/m0/s1. The smallest absolute Gasteiger partial charge is 0.261 e. The molecule has 2 atom stereocenters. The van der Waals surface area contributed by atoms with Crippen molar-refractivity contribution >= 4 is 17.2 Å². The zero-order chi connectivity index (χ0) is 26.2. The third-order valence-electron chi connectivity index (χ3n) is 6.17. The molecular formula is C30H30F2N2O2S. The number of aryl methyl sites for hydroxylation is 1. The van der Waals surface area contributed by atoms with Crippen molar-refractivity contribution in [2.75, 3.05) is 6.54 Å². The largest absolute Gasteiger partial charge is 0.390 e. The molecule has 0 unspecified atom stereocenters. The minimum atomic E-state index is -0.988. The lowest BCUT2D eigenvalue weighted by Gasteiger charge is -2.25. The molecule has 0 saturated heterocycles. The lowest BCUT2D eigenvalue weighted by Crippen LogP contribution is -2.48. The second kappa shape index (κ2) is 12.7. The Hall–Kier alpha value is -3.39. The molecule has 7 heteroatoms. The predicted octanol–water partition coefficient (Wildman–Crippen LogP) is 5.75. The lowest BCUT2D eigenvalue weighted by molar-refractivity contribution is 0.0833. The first kappa shape index (κ1) is 26.7. The summed E-state index contributed by atoms with van der Waals surface area (Å²) in [5, 5.41) is 19.0. The molecule has 3 N–H and O–H groups in total. The van der Waals surface area contributed by atoms with Crippen molar-refractivity contribution in [3.63, 3.8) is 0 Å². The van der Waals surface area contributed by atoms with E-state index in [0.29, 0.717) is 17.0 Å². The number of amides is 1. The van der Waals surface area contributed by atoms with E-state index in [2.05, 4.69) is 29.7 Å². The topological polar surface area (TPSA) is 61.4 Å². The quantitative estimate of drug-likeness (QED) is 0.236. The van der Waals surface area contributed by atoms with E-state index >= 15 is 0 Å². The first-order valence-corrected chi connectivity index (χ1v) is 13.2. The Morgan fingerprint density at radius 3 is 2.35 bits per heavy atom. The number of aliphatic hydroxyl groups is 1. The van der Waals surface area contributed by atoms with Crippen molar-refractivity contribution < 1.29 is 18.7 Å². The maximum atomic E-state index is 13.8. The fraction of sp³-hybridized carbons (Fsp3) is 0.233. The summed E-state index contributed by atoms with van der Waals surface area (Å²) in [4.78, 5) is 13.6. The summed E-state index contributed by atoms with van der Waals surface area (Å²) in [6.45, 7) is 2.83. The molecule has 0 radical (unpaired) electrons. The van der Waals surface area contributed by atoms with Crippen LogP contribution in [-0.2, 0) is 19.4 Å². The predicted molar refractivity (Wildman–Crippen MR) is 145 cm³/mol. The number of halogens is 2. The molecular weight excluding hydrogens is 490 g/mol. The van der Waals surface area contributed by atoms with Crippen molar-refractivity contribution in [2.24, 2.45) is 0 Å². The highest BCUT2D eigenvalue weighted by atomic mass is 32.1. The molecule has 1 aromatic heterocycles. The van der Waals surface area contributed by atoms with Crippen LogP contribution in [0.15, 0.2) is 84.2 Å². The molecule has 4 aromatic rings. The second-order valence-electron chi connectivity index (χ2n) is 9.00. The van der Waals surface area contributed by atoms with Gasteiger partial charge in [-0.3, -0.25) is 4.79 Å². The van der Waals surface area contributed by atoms with Crippen LogP contribution in [0, 0.1) is 11.6 Å².